The highest BCUT2D eigenvalue weighted by Crippen LogP contribution is 2.10. The molecule has 0 aliphatic rings. The topological polar surface area (TPSA) is 58.6 Å². The van der Waals surface area contributed by atoms with Crippen molar-refractivity contribution >= 4 is 11.8 Å². The summed E-state index contributed by atoms with van der Waals surface area (Å²) >= 11 is 0. The Morgan fingerprint density at radius 2 is 2.12 bits per heavy atom. The first kappa shape index (κ1) is 12.3. The molecule has 1 rings (SSSR count). The van der Waals surface area contributed by atoms with Gasteiger partial charge in [0.1, 0.15) is 6.61 Å². The summed E-state index contributed by atoms with van der Waals surface area (Å²) in [6, 6.07) is 7.22. The number of amides is 1. The summed E-state index contributed by atoms with van der Waals surface area (Å²) in [5, 5.41) is 11.3. The summed E-state index contributed by atoms with van der Waals surface area (Å²) in [5.74, 6) is 0. The maximum atomic E-state index is 11.2. The largest absolute Gasteiger partial charge is 0.445 e. The van der Waals surface area contributed by atoms with Crippen molar-refractivity contribution in [2.75, 3.05) is 18.5 Å². The SMILES string of the molecule is C=CCOC(=O)Nc1ccc(CCO)cc1. The summed E-state index contributed by atoms with van der Waals surface area (Å²) in [6.45, 7) is 3.75. The van der Waals surface area contributed by atoms with Crippen LogP contribution >= 0.6 is 0 Å². The second-order valence-corrected chi connectivity index (χ2v) is 3.18. The normalized spacial score (nSPS) is 9.56. The lowest BCUT2D eigenvalue weighted by Gasteiger charge is -2.05. The number of ether oxygens (including phenoxy) is 1. The number of hydrogen-bond acceptors (Lipinski definition) is 3. The van der Waals surface area contributed by atoms with Gasteiger partial charge in [-0.2, -0.15) is 0 Å². The predicted octanol–water partition coefficient (Wildman–Crippen LogP) is 1.96. The van der Waals surface area contributed by atoms with Crippen molar-refractivity contribution in [1.82, 2.24) is 0 Å². The van der Waals surface area contributed by atoms with E-state index < -0.39 is 6.09 Å². The molecule has 0 bridgehead atoms. The Labute approximate surface area is 94.6 Å². The molecule has 16 heavy (non-hydrogen) atoms. The van der Waals surface area contributed by atoms with Crippen LogP contribution in [0.3, 0.4) is 0 Å². The van der Waals surface area contributed by atoms with Gasteiger partial charge in [-0.05, 0) is 24.1 Å². The Balaban J connectivity index is 2.48. The predicted molar refractivity (Wildman–Crippen MR) is 62.4 cm³/mol. The molecule has 0 aromatic heterocycles. The second-order valence-electron chi connectivity index (χ2n) is 3.18. The van der Waals surface area contributed by atoms with Crippen LogP contribution in [0.2, 0.25) is 0 Å². The number of hydrogen-bond donors (Lipinski definition) is 2. The molecular weight excluding hydrogens is 206 g/mol. The Kier molecular flexibility index (Phi) is 5.08. The molecule has 4 nitrogen and oxygen atoms in total. The Morgan fingerprint density at radius 1 is 1.44 bits per heavy atom. The van der Waals surface area contributed by atoms with Crippen LogP contribution in [-0.2, 0) is 11.2 Å². The first-order valence-electron chi connectivity index (χ1n) is 5.00. The molecule has 0 heterocycles. The standard InChI is InChI=1S/C12H15NO3/c1-2-9-16-12(15)13-11-5-3-10(4-6-11)7-8-14/h2-6,14H,1,7-9H2,(H,13,15). The average Bonchev–Trinajstić information content (AvgIpc) is 2.29. The number of carbonyl (C=O) groups is 1. The number of anilines is 1. The van der Waals surface area contributed by atoms with Crippen molar-refractivity contribution in [2.45, 2.75) is 6.42 Å². The second kappa shape index (κ2) is 6.63. The van der Waals surface area contributed by atoms with E-state index in [1.54, 1.807) is 12.1 Å². The molecule has 0 aliphatic heterocycles. The zero-order valence-electron chi connectivity index (χ0n) is 8.98. The molecule has 0 aliphatic carbocycles. The highest BCUT2D eigenvalue weighted by atomic mass is 16.5. The van der Waals surface area contributed by atoms with Gasteiger partial charge in [0.15, 0.2) is 0 Å². The monoisotopic (exact) mass is 221 g/mol. The van der Waals surface area contributed by atoms with Crippen LogP contribution in [0.15, 0.2) is 36.9 Å². The van der Waals surface area contributed by atoms with Gasteiger partial charge in [-0.25, -0.2) is 4.79 Å². The highest BCUT2D eigenvalue weighted by Gasteiger charge is 2.01. The molecule has 0 fully saturated rings. The van der Waals surface area contributed by atoms with E-state index in [1.807, 2.05) is 12.1 Å². The molecule has 0 atom stereocenters. The summed E-state index contributed by atoms with van der Waals surface area (Å²) in [4.78, 5) is 11.2. The number of aliphatic hydroxyl groups is 1. The minimum atomic E-state index is -0.505. The van der Waals surface area contributed by atoms with E-state index in [1.165, 1.54) is 6.08 Å². The van der Waals surface area contributed by atoms with E-state index >= 15 is 0 Å². The molecule has 1 aromatic rings. The van der Waals surface area contributed by atoms with Gasteiger partial charge in [0.25, 0.3) is 0 Å². The van der Waals surface area contributed by atoms with Gasteiger partial charge in [0.2, 0.25) is 0 Å². The molecule has 0 saturated carbocycles. The Bertz CT molecular complexity index is 346. The summed E-state index contributed by atoms with van der Waals surface area (Å²) in [5.41, 5.74) is 1.68. The summed E-state index contributed by atoms with van der Waals surface area (Å²) in [6.07, 6.45) is 1.61. The van der Waals surface area contributed by atoms with E-state index in [9.17, 15) is 4.79 Å². The van der Waals surface area contributed by atoms with Crippen LogP contribution < -0.4 is 5.32 Å². The van der Waals surface area contributed by atoms with Crippen LogP contribution in [0.5, 0.6) is 0 Å². The van der Waals surface area contributed by atoms with E-state index in [0.717, 1.165) is 5.56 Å². The number of carbonyl (C=O) groups excluding carboxylic acids is 1. The molecule has 1 aromatic carbocycles. The Morgan fingerprint density at radius 3 is 2.69 bits per heavy atom. The fourth-order valence-electron chi connectivity index (χ4n) is 1.17. The van der Waals surface area contributed by atoms with Crippen molar-refractivity contribution < 1.29 is 14.6 Å². The van der Waals surface area contributed by atoms with Gasteiger partial charge in [0, 0.05) is 12.3 Å². The van der Waals surface area contributed by atoms with Crippen LogP contribution in [0, 0.1) is 0 Å². The summed E-state index contributed by atoms with van der Waals surface area (Å²) < 4.78 is 4.76. The molecule has 0 saturated heterocycles. The number of benzene rings is 1. The highest BCUT2D eigenvalue weighted by molar-refractivity contribution is 5.84. The van der Waals surface area contributed by atoms with E-state index in [2.05, 4.69) is 11.9 Å². The third-order valence-electron chi connectivity index (χ3n) is 1.93. The molecule has 0 unspecified atom stereocenters. The fourth-order valence-corrected chi connectivity index (χ4v) is 1.17. The zero-order valence-corrected chi connectivity index (χ0v) is 8.98. The van der Waals surface area contributed by atoms with Crippen molar-refractivity contribution in [3.63, 3.8) is 0 Å². The van der Waals surface area contributed by atoms with Crippen LogP contribution in [0.1, 0.15) is 5.56 Å². The van der Waals surface area contributed by atoms with Crippen molar-refractivity contribution in [1.29, 1.82) is 0 Å². The maximum Gasteiger partial charge on any atom is 0.411 e. The zero-order chi connectivity index (χ0) is 11.8. The van der Waals surface area contributed by atoms with Gasteiger partial charge >= 0.3 is 6.09 Å². The number of rotatable bonds is 5. The van der Waals surface area contributed by atoms with Crippen molar-refractivity contribution in [3.05, 3.63) is 42.5 Å². The lowest BCUT2D eigenvalue weighted by Crippen LogP contribution is -2.13. The fraction of sp³-hybridized carbons (Fsp3) is 0.250. The molecule has 86 valence electrons. The van der Waals surface area contributed by atoms with Gasteiger partial charge in [0.05, 0.1) is 0 Å². The minimum absolute atomic E-state index is 0.119. The van der Waals surface area contributed by atoms with Gasteiger partial charge < -0.3 is 9.84 Å². The van der Waals surface area contributed by atoms with Gasteiger partial charge in [-0.15, -0.1) is 0 Å². The number of aliphatic hydroxyl groups excluding tert-OH is 1. The smallest absolute Gasteiger partial charge is 0.411 e. The molecule has 0 radical (unpaired) electrons. The third kappa shape index (κ3) is 4.14. The molecular formula is C12H15NO3. The van der Waals surface area contributed by atoms with Crippen molar-refractivity contribution in [2.24, 2.45) is 0 Å². The van der Waals surface area contributed by atoms with E-state index in [4.69, 9.17) is 9.84 Å². The lowest BCUT2D eigenvalue weighted by molar-refractivity contribution is 0.174. The average molecular weight is 221 g/mol. The van der Waals surface area contributed by atoms with Gasteiger partial charge in [-0.3, -0.25) is 5.32 Å². The first-order valence-corrected chi connectivity index (χ1v) is 5.00. The maximum absolute atomic E-state index is 11.2. The summed E-state index contributed by atoms with van der Waals surface area (Å²) in [7, 11) is 0. The van der Waals surface area contributed by atoms with Crippen LogP contribution in [-0.4, -0.2) is 24.4 Å². The lowest BCUT2D eigenvalue weighted by atomic mass is 10.1. The van der Waals surface area contributed by atoms with Crippen LogP contribution in [0.25, 0.3) is 0 Å². The first-order chi connectivity index (χ1) is 7.76. The molecule has 1 amide bonds. The third-order valence-corrected chi connectivity index (χ3v) is 1.93. The molecule has 4 heteroatoms. The van der Waals surface area contributed by atoms with Gasteiger partial charge in [-0.1, -0.05) is 24.8 Å². The van der Waals surface area contributed by atoms with E-state index in [-0.39, 0.29) is 13.2 Å². The Hall–Kier alpha value is -1.81. The van der Waals surface area contributed by atoms with Crippen LogP contribution in [0.4, 0.5) is 10.5 Å². The minimum Gasteiger partial charge on any atom is -0.445 e. The van der Waals surface area contributed by atoms with Crippen molar-refractivity contribution in [3.8, 4) is 0 Å². The van der Waals surface area contributed by atoms with E-state index in [0.29, 0.717) is 12.1 Å². The quantitative estimate of drug-likeness (QED) is 0.747. The molecule has 2 N–H and O–H groups in total. The number of nitrogens with one attached hydrogen (secondary N) is 1. The molecule has 0 spiro atoms.